The highest BCUT2D eigenvalue weighted by Gasteiger charge is 2.27. The Bertz CT molecular complexity index is 1440. The third-order valence-corrected chi connectivity index (χ3v) is 6.34. The summed E-state index contributed by atoms with van der Waals surface area (Å²) in [5.74, 6) is 0.713. The largest absolute Gasteiger partial charge is 0.324 e. The average molecular weight is 503 g/mol. The number of hydrogen-bond acceptors (Lipinski definition) is 7. The summed E-state index contributed by atoms with van der Waals surface area (Å²) in [5.41, 5.74) is 3.50. The molecule has 0 aliphatic carbocycles. The van der Waals surface area contributed by atoms with Crippen LogP contribution in [0.3, 0.4) is 0 Å². The van der Waals surface area contributed by atoms with Crippen molar-refractivity contribution >= 4 is 34.9 Å². The second kappa shape index (κ2) is 10.5. The van der Waals surface area contributed by atoms with Gasteiger partial charge in [-0.3, -0.25) is 9.59 Å². The first-order valence-corrected chi connectivity index (χ1v) is 12.4. The van der Waals surface area contributed by atoms with Crippen molar-refractivity contribution in [2.45, 2.75) is 59.2 Å². The molecule has 10 nitrogen and oxygen atoms in total. The number of benzene rings is 1. The summed E-state index contributed by atoms with van der Waals surface area (Å²) in [4.78, 5) is 34.1. The number of hydrazone groups is 1. The second-order valence-corrected chi connectivity index (χ2v) is 9.94. The highest BCUT2D eigenvalue weighted by molar-refractivity contribution is 5.99. The Morgan fingerprint density at radius 1 is 1.38 bits per heavy atom. The first-order chi connectivity index (χ1) is 17.7. The van der Waals surface area contributed by atoms with Gasteiger partial charge in [0.1, 0.15) is 5.39 Å². The second-order valence-electron chi connectivity index (χ2n) is 9.94. The first kappa shape index (κ1) is 26.0. The molecule has 1 amide bonds. The molecule has 4 rings (SSSR count). The van der Waals surface area contributed by atoms with Crippen molar-refractivity contribution in [1.82, 2.24) is 29.7 Å². The van der Waals surface area contributed by atoms with E-state index in [1.54, 1.807) is 22.9 Å². The number of aromatic nitrogens is 4. The molecule has 0 fully saturated rings. The summed E-state index contributed by atoms with van der Waals surface area (Å²) in [7, 11) is 0. The van der Waals surface area contributed by atoms with Gasteiger partial charge in [-0.05, 0) is 50.1 Å². The van der Waals surface area contributed by atoms with E-state index >= 15 is 0 Å². The summed E-state index contributed by atoms with van der Waals surface area (Å²) in [6.07, 6.45) is 7.32. The maximum Gasteiger partial charge on any atom is 0.278 e. The number of hydrogen-bond donors (Lipinski definition) is 2. The van der Waals surface area contributed by atoms with E-state index in [0.29, 0.717) is 29.2 Å². The maximum absolute atomic E-state index is 13.3. The van der Waals surface area contributed by atoms with Gasteiger partial charge in [-0.2, -0.15) is 10.1 Å². The lowest BCUT2D eigenvalue weighted by molar-refractivity contribution is -0.119. The van der Waals surface area contributed by atoms with E-state index in [2.05, 4.69) is 53.3 Å². The van der Waals surface area contributed by atoms with Gasteiger partial charge in [0, 0.05) is 36.4 Å². The summed E-state index contributed by atoms with van der Waals surface area (Å²) < 4.78 is 3.08. The fourth-order valence-electron chi connectivity index (χ4n) is 4.46. The fourth-order valence-corrected chi connectivity index (χ4v) is 4.46. The van der Waals surface area contributed by atoms with E-state index in [0.717, 1.165) is 18.8 Å². The first-order valence-electron chi connectivity index (χ1n) is 12.4. The van der Waals surface area contributed by atoms with E-state index < -0.39 is 0 Å². The van der Waals surface area contributed by atoms with Crippen molar-refractivity contribution in [2.75, 3.05) is 11.9 Å². The van der Waals surface area contributed by atoms with Gasteiger partial charge in [0.05, 0.1) is 6.54 Å². The molecule has 3 aromatic rings. The molecule has 0 atom stereocenters. The number of anilines is 2. The van der Waals surface area contributed by atoms with Crippen molar-refractivity contribution in [3.63, 3.8) is 0 Å². The van der Waals surface area contributed by atoms with Crippen LogP contribution in [0.4, 0.5) is 11.6 Å². The molecule has 37 heavy (non-hydrogen) atoms. The lowest BCUT2D eigenvalue weighted by Gasteiger charge is -2.33. The quantitative estimate of drug-likeness (QED) is 0.160. The van der Waals surface area contributed by atoms with Gasteiger partial charge in [-0.15, -0.1) is 6.58 Å². The molecule has 1 aliphatic rings. The van der Waals surface area contributed by atoms with Crippen LogP contribution in [-0.4, -0.2) is 49.2 Å². The third kappa shape index (κ3) is 5.10. The molecule has 0 spiro atoms. The molecule has 0 radical (unpaired) electrons. The summed E-state index contributed by atoms with van der Waals surface area (Å²) >= 11 is 0. The minimum absolute atomic E-state index is 0.00278. The molecule has 10 heteroatoms. The van der Waals surface area contributed by atoms with Crippen molar-refractivity contribution in [3.8, 4) is 0 Å². The monoisotopic (exact) mass is 502 g/mol. The highest BCUT2D eigenvalue weighted by Crippen LogP contribution is 2.32. The summed E-state index contributed by atoms with van der Waals surface area (Å²) in [6, 6.07) is 6.08. The van der Waals surface area contributed by atoms with E-state index in [1.165, 1.54) is 27.0 Å². The molecule has 2 aromatic heterocycles. The predicted molar refractivity (Wildman–Crippen MR) is 147 cm³/mol. The molecule has 0 bridgehead atoms. The van der Waals surface area contributed by atoms with Crippen molar-refractivity contribution in [3.05, 3.63) is 70.7 Å². The number of amides is 1. The molecule has 0 saturated carbocycles. The Morgan fingerprint density at radius 2 is 2.16 bits per heavy atom. The molecule has 0 saturated heterocycles. The van der Waals surface area contributed by atoms with E-state index in [9.17, 15) is 9.59 Å². The minimum atomic E-state index is -0.274. The third-order valence-electron chi connectivity index (χ3n) is 6.34. The molecule has 0 unspecified atom stereocenters. The SMILES string of the molecule is C=CCn1c(=O)c2cnc(Nc3ccc4c(c3)C(C)(C)CNC4)nc2n1C(/C=C\C)=N/N(C=O)C(C)C. The van der Waals surface area contributed by atoms with Crippen LogP contribution in [0, 0.1) is 0 Å². The predicted octanol–water partition coefficient (Wildman–Crippen LogP) is 3.51. The van der Waals surface area contributed by atoms with Crippen molar-refractivity contribution in [1.29, 1.82) is 0 Å². The van der Waals surface area contributed by atoms with Crippen molar-refractivity contribution < 1.29 is 4.79 Å². The summed E-state index contributed by atoms with van der Waals surface area (Å²) in [5, 5.41) is 12.9. The van der Waals surface area contributed by atoms with Crippen LogP contribution >= 0.6 is 0 Å². The number of allylic oxidation sites excluding steroid dienone is 3. The fraction of sp³-hybridized carbons (Fsp3) is 0.370. The Morgan fingerprint density at radius 3 is 2.84 bits per heavy atom. The molecule has 3 heterocycles. The number of nitrogens with one attached hydrogen (secondary N) is 2. The molecule has 1 aliphatic heterocycles. The van der Waals surface area contributed by atoms with Gasteiger partial charge in [0.15, 0.2) is 11.5 Å². The molecule has 194 valence electrons. The van der Waals surface area contributed by atoms with Gasteiger partial charge in [0.2, 0.25) is 12.4 Å². The smallest absolute Gasteiger partial charge is 0.278 e. The normalized spacial score (nSPS) is 15.2. The number of nitrogens with zero attached hydrogens (tertiary/aromatic N) is 6. The number of carbonyl (C=O) groups is 1. The van der Waals surface area contributed by atoms with E-state index in [1.807, 2.05) is 26.8 Å². The zero-order valence-electron chi connectivity index (χ0n) is 22.0. The van der Waals surface area contributed by atoms with Gasteiger partial charge in [-0.1, -0.05) is 32.1 Å². The molecule has 2 N–H and O–H groups in total. The maximum atomic E-state index is 13.3. The average Bonchev–Trinajstić information content (AvgIpc) is 3.13. The van der Waals surface area contributed by atoms with Crippen LogP contribution in [0.1, 0.15) is 45.7 Å². The number of rotatable bonds is 8. The number of fused-ring (bicyclic) bond motifs is 2. The zero-order chi connectivity index (χ0) is 26.7. The van der Waals surface area contributed by atoms with Gasteiger partial charge in [0.25, 0.3) is 5.56 Å². The Labute approximate surface area is 216 Å². The summed E-state index contributed by atoms with van der Waals surface area (Å²) in [6.45, 7) is 15.7. The molecular weight excluding hydrogens is 468 g/mol. The lowest BCUT2D eigenvalue weighted by atomic mass is 9.79. The Kier molecular flexibility index (Phi) is 7.40. The minimum Gasteiger partial charge on any atom is -0.324 e. The number of carbonyl (C=O) groups excluding carboxylic acids is 1. The van der Waals surface area contributed by atoms with Crippen LogP contribution in [0.5, 0.6) is 0 Å². The van der Waals surface area contributed by atoms with Gasteiger partial charge in [-0.25, -0.2) is 19.4 Å². The van der Waals surface area contributed by atoms with E-state index in [4.69, 9.17) is 4.98 Å². The van der Waals surface area contributed by atoms with Crippen LogP contribution in [0.15, 0.2) is 59.1 Å². The van der Waals surface area contributed by atoms with Crippen LogP contribution in [0.25, 0.3) is 11.0 Å². The lowest BCUT2D eigenvalue weighted by Crippen LogP contribution is -2.38. The standard InChI is InChI=1S/C27H34N8O2/c1-7-9-23(32-33(17-36)18(3)4)35-24-21(25(37)34(35)12-8-2)15-29-26(31-24)30-20-11-10-19-14-28-16-27(5,6)22(19)13-20/h7-11,13,15,17-18,28H,2,12,14,16H2,1,3-6H3,(H,29,30,31)/b9-7-,32-23+. The van der Waals surface area contributed by atoms with Crippen LogP contribution < -0.4 is 16.2 Å². The molecular formula is C27H34N8O2. The van der Waals surface area contributed by atoms with Crippen molar-refractivity contribution in [2.24, 2.45) is 5.10 Å². The van der Waals surface area contributed by atoms with E-state index in [-0.39, 0.29) is 23.6 Å². The Hall–Kier alpha value is -4.05. The zero-order valence-corrected chi connectivity index (χ0v) is 22.0. The highest BCUT2D eigenvalue weighted by atomic mass is 16.1. The molecule has 1 aromatic carbocycles. The topological polar surface area (TPSA) is 109 Å². The van der Waals surface area contributed by atoms with Crippen LogP contribution in [0.2, 0.25) is 0 Å². The van der Waals surface area contributed by atoms with Gasteiger partial charge < -0.3 is 10.6 Å². The van der Waals surface area contributed by atoms with Gasteiger partial charge >= 0.3 is 0 Å². The Balaban J connectivity index is 1.85. The van der Waals surface area contributed by atoms with Crippen LogP contribution in [-0.2, 0) is 23.3 Å².